The minimum atomic E-state index is -0.329. The number of nitrogens with zero attached hydrogens (tertiary/aromatic N) is 2. The molecule has 2 N–H and O–H groups in total. The largest absolute Gasteiger partial charge is 0.461 e. The highest BCUT2D eigenvalue weighted by atomic mass is 16.5. The Morgan fingerprint density at radius 1 is 0.977 bits per heavy atom. The van der Waals surface area contributed by atoms with Crippen LogP contribution < -0.4 is 5.73 Å². The van der Waals surface area contributed by atoms with Crippen LogP contribution in [0.3, 0.4) is 0 Å². The Bertz CT molecular complexity index is 1080. The maximum atomic E-state index is 13.0. The van der Waals surface area contributed by atoms with E-state index < -0.39 is 0 Å². The third-order valence-corrected chi connectivity index (χ3v) is 14.5. The van der Waals surface area contributed by atoms with Crippen molar-refractivity contribution in [2.24, 2.45) is 34.3 Å². The van der Waals surface area contributed by atoms with E-state index in [2.05, 4.69) is 31.4 Å². The number of fused-ring (bicyclic) bond motifs is 5. The topological polar surface area (TPSA) is 81.9 Å². The molecule has 2 saturated heterocycles. The van der Waals surface area contributed by atoms with Crippen LogP contribution in [0.4, 0.5) is 0 Å². The van der Waals surface area contributed by atoms with Crippen molar-refractivity contribution < 1.29 is 23.5 Å². The molecule has 0 bridgehead atoms. The predicted octanol–water partition coefficient (Wildman–Crippen LogP) is 5.99. The molecule has 0 amide bonds. The van der Waals surface area contributed by atoms with Crippen molar-refractivity contribution in [1.82, 2.24) is 4.90 Å². The van der Waals surface area contributed by atoms with Gasteiger partial charge >= 0.3 is 11.9 Å². The van der Waals surface area contributed by atoms with Gasteiger partial charge < -0.3 is 19.7 Å². The van der Waals surface area contributed by atoms with Gasteiger partial charge in [0.15, 0.2) is 6.10 Å². The first-order valence-corrected chi connectivity index (χ1v) is 18.4. The monoisotopic (exact) mass is 612 g/mol. The van der Waals surface area contributed by atoms with Gasteiger partial charge in [-0.2, -0.15) is 0 Å². The molecular formula is C37H62N3O4+. The fraction of sp³-hybridized carbons (Fsp3) is 0.892. The smallest absolute Gasteiger partial charge is 0.306 e. The first-order chi connectivity index (χ1) is 21.0. The summed E-state index contributed by atoms with van der Waals surface area (Å²) in [6.07, 6.45) is 17.3. The highest BCUT2D eigenvalue weighted by Crippen LogP contribution is 2.68. The summed E-state index contributed by atoms with van der Waals surface area (Å²) in [6, 6.07) is 0.591. The lowest BCUT2D eigenvalue weighted by Gasteiger charge is -2.66. The number of nitrogens with two attached hydrogens (primary N) is 1. The van der Waals surface area contributed by atoms with Gasteiger partial charge in [0.2, 0.25) is 0 Å². The Kier molecular flexibility index (Phi) is 9.08. The summed E-state index contributed by atoms with van der Waals surface area (Å²) in [5, 5.41) is 0. The molecule has 2 heterocycles. The Labute approximate surface area is 267 Å². The van der Waals surface area contributed by atoms with Gasteiger partial charge in [0.05, 0.1) is 19.6 Å². The Morgan fingerprint density at radius 3 is 2.34 bits per heavy atom. The highest BCUT2D eigenvalue weighted by molar-refractivity contribution is 5.69. The van der Waals surface area contributed by atoms with Crippen LogP contribution >= 0.6 is 0 Å². The minimum Gasteiger partial charge on any atom is -0.461 e. The van der Waals surface area contributed by atoms with E-state index in [0.29, 0.717) is 30.2 Å². The van der Waals surface area contributed by atoms with Gasteiger partial charge in [-0.15, -0.1) is 0 Å². The summed E-state index contributed by atoms with van der Waals surface area (Å²) in [6.45, 7) is 18.2. The van der Waals surface area contributed by atoms with E-state index in [1.54, 1.807) is 6.92 Å². The van der Waals surface area contributed by atoms with Gasteiger partial charge in [-0.3, -0.25) is 14.5 Å². The van der Waals surface area contributed by atoms with E-state index in [-0.39, 0.29) is 46.6 Å². The number of ether oxygens (including phenoxy) is 2. The van der Waals surface area contributed by atoms with E-state index in [4.69, 9.17) is 15.2 Å². The summed E-state index contributed by atoms with van der Waals surface area (Å²) in [5.41, 5.74) is 7.21. The first-order valence-electron chi connectivity index (χ1n) is 18.4. The number of hydrogen-bond donors (Lipinski definition) is 1. The maximum Gasteiger partial charge on any atom is 0.306 e. The van der Waals surface area contributed by atoms with Crippen molar-refractivity contribution in [2.45, 2.75) is 147 Å². The molecule has 4 saturated carbocycles. The van der Waals surface area contributed by atoms with Crippen LogP contribution in [0.5, 0.6) is 0 Å². The molecule has 0 radical (unpaired) electrons. The summed E-state index contributed by atoms with van der Waals surface area (Å²) < 4.78 is 13.7. The molecule has 2 aliphatic heterocycles. The van der Waals surface area contributed by atoms with E-state index in [1.807, 2.05) is 6.92 Å². The van der Waals surface area contributed by atoms with Gasteiger partial charge in [0.25, 0.3) is 0 Å². The second-order valence-corrected chi connectivity index (χ2v) is 16.5. The van der Waals surface area contributed by atoms with Gasteiger partial charge in [-0.25, -0.2) is 0 Å². The van der Waals surface area contributed by atoms with Crippen molar-refractivity contribution in [3.8, 4) is 0 Å². The lowest BCUT2D eigenvalue weighted by molar-refractivity contribution is -0.952. The maximum absolute atomic E-state index is 13.0. The third-order valence-electron chi connectivity index (χ3n) is 14.5. The minimum absolute atomic E-state index is 0.00724. The Balaban J connectivity index is 1.34. The van der Waals surface area contributed by atoms with Gasteiger partial charge in [0, 0.05) is 43.2 Å². The fourth-order valence-electron chi connectivity index (χ4n) is 12.2. The van der Waals surface area contributed by atoms with Crippen LogP contribution in [0.1, 0.15) is 118 Å². The molecule has 7 heteroatoms. The number of rotatable bonds is 7. The number of quaternary nitrogens is 1. The van der Waals surface area contributed by atoms with Gasteiger partial charge in [-0.1, -0.05) is 33.8 Å². The van der Waals surface area contributed by atoms with Crippen molar-refractivity contribution in [3.63, 3.8) is 0 Å². The fourth-order valence-corrected chi connectivity index (χ4v) is 12.2. The van der Waals surface area contributed by atoms with E-state index in [9.17, 15) is 9.59 Å². The zero-order valence-electron chi connectivity index (χ0n) is 28.4. The molecule has 44 heavy (non-hydrogen) atoms. The molecule has 0 aromatic carbocycles. The predicted molar refractivity (Wildman–Crippen MR) is 174 cm³/mol. The van der Waals surface area contributed by atoms with E-state index >= 15 is 0 Å². The standard InChI is InChI=1S/C37H62N3O4/c1-6-20-40(21-12-9-13-22-40)31-23-29-27-14-17-37(38)25-32(43-26(3)41)30(39-18-10-8-11-19-39)24-36(37,5)28(27)15-16-35(29,4)34(31)44-33(42)7-2/h6,27-32,34H,1,7-25,38H2,2-5H3/q+1/t27-,28+,29+,30+,31?,32+,34+,35+,36?,37-/m1/s1. The lowest BCUT2D eigenvalue weighted by Crippen LogP contribution is -2.71. The zero-order chi connectivity index (χ0) is 31.3. The van der Waals surface area contributed by atoms with Crippen LogP contribution in [-0.4, -0.2) is 83.9 Å². The molecule has 7 nitrogen and oxygen atoms in total. The van der Waals surface area contributed by atoms with Crippen molar-refractivity contribution in [2.75, 3.05) is 32.7 Å². The summed E-state index contributed by atoms with van der Waals surface area (Å²) >= 11 is 0. The van der Waals surface area contributed by atoms with Crippen molar-refractivity contribution in [3.05, 3.63) is 12.7 Å². The van der Waals surface area contributed by atoms with Crippen LogP contribution in [0.25, 0.3) is 0 Å². The quantitative estimate of drug-likeness (QED) is 0.216. The molecule has 0 aromatic rings. The number of carbonyl (C=O) groups excluding carboxylic acids is 2. The molecule has 6 fully saturated rings. The summed E-state index contributed by atoms with van der Waals surface area (Å²) in [7, 11) is 0. The Morgan fingerprint density at radius 2 is 1.68 bits per heavy atom. The number of piperidine rings is 2. The van der Waals surface area contributed by atoms with E-state index in [1.165, 1.54) is 51.6 Å². The first kappa shape index (κ1) is 32.5. The number of esters is 2. The molecule has 6 aliphatic rings. The molecule has 0 spiro atoms. The highest BCUT2D eigenvalue weighted by Gasteiger charge is 2.69. The summed E-state index contributed by atoms with van der Waals surface area (Å²) in [5.74, 6) is 1.45. The number of carbonyl (C=O) groups is 2. The molecule has 248 valence electrons. The van der Waals surface area contributed by atoms with Crippen LogP contribution in [0, 0.1) is 28.6 Å². The average Bonchev–Trinajstić information content (AvgIpc) is 3.30. The SMILES string of the molecule is C=CC[N+]1(C2C[C@H]3[C@@H]4CC[C@@]5(N)C[C@H](OC(C)=O)[C@@H](N6CCCCC6)CC5(C)[C@H]4CC[C@]3(C)[C@H]2OC(=O)CC)CCCCC1. The molecule has 2 unspecified atom stereocenters. The average molecular weight is 613 g/mol. The second kappa shape index (κ2) is 12.3. The number of likely N-dealkylation sites (tertiary alicyclic amines) is 2. The Hall–Kier alpha value is -1.44. The zero-order valence-corrected chi connectivity index (χ0v) is 28.4. The molecular weight excluding hydrogens is 550 g/mol. The van der Waals surface area contributed by atoms with Gasteiger partial charge in [0.1, 0.15) is 12.1 Å². The van der Waals surface area contributed by atoms with Gasteiger partial charge in [-0.05, 0) is 107 Å². The molecule has 10 atom stereocenters. The third kappa shape index (κ3) is 5.29. The summed E-state index contributed by atoms with van der Waals surface area (Å²) in [4.78, 5) is 28.0. The van der Waals surface area contributed by atoms with Crippen molar-refractivity contribution in [1.29, 1.82) is 0 Å². The van der Waals surface area contributed by atoms with Crippen LogP contribution in [-0.2, 0) is 19.1 Å². The lowest BCUT2D eigenvalue weighted by atomic mass is 9.42. The molecule has 0 aromatic heterocycles. The molecule has 4 aliphatic carbocycles. The van der Waals surface area contributed by atoms with Crippen LogP contribution in [0.2, 0.25) is 0 Å². The molecule has 6 rings (SSSR count). The van der Waals surface area contributed by atoms with Crippen LogP contribution in [0.15, 0.2) is 12.7 Å². The van der Waals surface area contributed by atoms with Crippen molar-refractivity contribution >= 4 is 11.9 Å². The van der Waals surface area contributed by atoms with E-state index in [0.717, 1.165) is 69.1 Å². The number of hydrogen-bond acceptors (Lipinski definition) is 6. The normalized spacial score (nSPS) is 45.3. The second-order valence-electron chi connectivity index (χ2n) is 16.5.